The van der Waals surface area contributed by atoms with Gasteiger partial charge in [0.25, 0.3) is 0 Å². The summed E-state index contributed by atoms with van der Waals surface area (Å²) in [5.74, 6) is 2.13. The molecule has 4 saturated carbocycles. The molecule has 2 N–H and O–H groups in total. The van der Waals surface area contributed by atoms with Crippen LogP contribution in [0.3, 0.4) is 0 Å². The summed E-state index contributed by atoms with van der Waals surface area (Å²) in [5.41, 5.74) is 0.0503. The first-order valence-electron chi connectivity index (χ1n) is 7.43. The minimum Gasteiger partial charge on any atom is -0.391 e. The second-order valence-corrected chi connectivity index (χ2v) is 6.93. The van der Waals surface area contributed by atoms with Crippen LogP contribution in [0.5, 0.6) is 0 Å². The third kappa shape index (κ3) is 2.36. The van der Waals surface area contributed by atoms with E-state index in [1.807, 2.05) is 6.07 Å². The fraction of sp³-hybridized carbons (Fsp3) is 0.867. The number of carbonyl (C=O) groups excluding carboxylic acids is 1. The van der Waals surface area contributed by atoms with Crippen molar-refractivity contribution < 1.29 is 9.90 Å². The predicted octanol–water partition coefficient (Wildman–Crippen LogP) is 1.59. The maximum Gasteiger partial charge on any atom is 0.234 e. The molecule has 104 valence electrons. The van der Waals surface area contributed by atoms with Gasteiger partial charge in [-0.1, -0.05) is 0 Å². The topological polar surface area (TPSA) is 73.1 Å². The van der Waals surface area contributed by atoms with E-state index < -0.39 is 6.10 Å². The van der Waals surface area contributed by atoms with Gasteiger partial charge in [0.1, 0.15) is 6.42 Å². The number of hydrogen-bond donors (Lipinski definition) is 2. The number of nitrogens with zero attached hydrogens (tertiary/aromatic N) is 1. The van der Waals surface area contributed by atoms with Crippen LogP contribution >= 0.6 is 0 Å². The van der Waals surface area contributed by atoms with Crippen LogP contribution in [0, 0.1) is 34.5 Å². The van der Waals surface area contributed by atoms with E-state index in [4.69, 9.17) is 5.26 Å². The molecule has 4 aliphatic rings. The Morgan fingerprint density at radius 3 is 2.26 bits per heavy atom. The van der Waals surface area contributed by atoms with Crippen LogP contribution in [-0.2, 0) is 4.79 Å². The highest BCUT2D eigenvalue weighted by atomic mass is 16.3. The van der Waals surface area contributed by atoms with E-state index >= 15 is 0 Å². The molecule has 0 aliphatic heterocycles. The van der Waals surface area contributed by atoms with Crippen LogP contribution in [0.1, 0.15) is 44.9 Å². The molecule has 4 nitrogen and oxygen atoms in total. The molecule has 4 heteroatoms. The number of rotatable bonds is 4. The number of amides is 1. The quantitative estimate of drug-likeness (QED) is 0.808. The number of hydrogen-bond acceptors (Lipinski definition) is 3. The Hall–Kier alpha value is -1.08. The van der Waals surface area contributed by atoms with Crippen LogP contribution < -0.4 is 5.32 Å². The van der Waals surface area contributed by atoms with Gasteiger partial charge in [-0.15, -0.1) is 0 Å². The third-order valence-electron chi connectivity index (χ3n) is 5.52. The largest absolute Gasteiger partial charge is 0.391 e. The number of nitriles is 1. The van der Waals surface area contributed by atoms with Crippen LogP contribution in [-0.4, -0.2) is 23.7 Å². The summed E-state index contributed by atoms with van der Waals surface area (Å²) in [4.78, 5) is 11.3. The van der Waals surface area contributed by atoms with Gasteiger partial charge in [0.05, 0.1) is 12.2 Å². The Kier molecular flexibility index (Phi) is 3.26. The standard InChI is InChI=1S/C15H22N2O2/c16-2-1-14(19)17-9-13(18)15-6-10-3-11(7-15)5-12(4-10)8-15/h10-13,18H,1,3-9H2,(H,17,19). The van der Waals surface area contributed by atoms with Gasteiger partial charge in [-0.05, 0) is 61.7 Å². The average molecular weight is 262 g/mol. The molecule has 0 saturated heterocycles. The minimum absolute atomic E-state index is 0.0503. The maximum absolute atomic E-state index is 11.3. The zero-order valence-corrected chi connectivity index (χ0v) is 11.3. The molecule has 4 rings (SSSR count). The van der Waals surface area contributed by atoms with E-state index in [0.29, 0.717) is 6.54 Å². The summed E-state index contributed by atoms with van der Waals surface area (Å²) < 4.78 is 0. The Balaban J connectivity index is 1.62. The molecular weight excluding hydrogens is 240 g/mol. The van der Waals surface area contributed by atoms with Gasteiger partial charge in [0.2, 0.25) is 5.91 Å². The van der Waals surface area contributed by atoms with Crippen molar-refractivity contribution in [3.05, 3.63) is 0 Å². The number of nitrogens with one attached hydrogen (secondary N) is 1. The van der Waals surface area contributed by atoms with Crippen molar-refractivity contribution in [3.8, 4) is 6.07 Å². The van der Waals surface area contributed by atoms with E-state index in [1.54, 1.807) is 0 Å². The van der Waals surface area contributed by atoms with Crippen LogP contribution in [0.2, 0.25) is 0 Å². The van der Waals surface area contributed by atoms with E-state index in [0.717, 1.165) is 37.0 Å². The van der Waals surface area contributed by atoms with Gasteiger partial charge in [-0.25, -0.2) is 0 Å². The highest BCUT2D eigenvalue weighted by Gasteiger charge is 2.53. The van der Waals surface area contributed by atoms with Gasteiger partial charge < -0.3 is 10.4 Å². The molecule has 1 atom stereocenters. The molecule has 0 spiro atoms. The van der Waals surface area contributed by atoms with Crippen LogP contribution in [0.4, 0.5) is 0 Å². The van der Waals surface area contributed by atoms with Crippen molar-refractivity contribution in [3.63, 3.8) is 0 Å². The lowest BCUT2D eigenvalue weighted by atomic mass is 9.48. The minimum atomic E-state index is -0.441. The Morgan fingerprint density at radius 1 is 1.26 bits per heavy atom. The maximum atomic E-state index is 11.3. The fourth-order valence-corrected chi connectivity index (χ4v) is 5.15. The summed E-state index contributed by atoms with van der Waals surface area (Å²) >= 11 is 0. The predicted molar refractivity (Wildman–Crippen MR) is 69.9 cm³/mol. The molecule has 19 heavy (non-hydrogen) atoms. The molecule has 4 aliphatic carbocycles. The Morgan fingerprint density at radius 2 is 1.79 bits per heavy atom. The molecule has 0 radical (unpaired) electrons. The Bertz CT molecular complexity index is 378. The van der Waals surface area contributed by atoms with Crippen molar-refractivity contribution in [2.75, 3.05) is 6.54 Å². The van der Waals surface area contributed by atoms with Gasteiger partial charge in [0.15, 0.2) is 0 Å². The monoisotopic (exact) mass is 262 g/mol. The summed E-state index contributed by atoms with van der Waals surface area (Å²) in [5, 5.41) is 21.7. The van der Waals surface area contributed by atoms with E-state index in [1.165, 1.54) is 19.3 Å². The number of aliphatic hydroxyl groups excluding tert-OH is 1. The third-order valence-corrected chi connectivity index (χ3v) is 5.52. The van der Waals surface area contributed by atoms with Gasteiger partial charge in [-0.2, -0.15) is 5.26 Å². The zero-order valence-electron chi connectivity index (χ0n) is 11.3. The molecule has 0 heterocycles. The van der Waals surface area contributed by atoms with Crippen LogP contribution in [0.25, 0.3) is 0 Å². The van der Waals surface area contributed by atoms with E-state index in [-0.39, 0.29) is 17.7 Å². The highest BCUT2D eigenvalue weighted by Crippen LogP contribution is 2.61. The van der Waals surface area contributed by atoms with Crippen molar-refractivity contribution in [1.82, 2.24) is 5.32 Å². The number of carbonyl (C=O) groups is 1. The molecule has 0 aromatic rings. The fourth-order valence-electron chi connectivity index (χ4n) is 5.15. The smallest absolute Gasteiger partial charge is 0.234 e. The van der Waals surface area contributed by atoms with Gasteiger partial charge >= 0.3 is 0 Å². The molecule has 4 bridgehead atoms. The summed E-state index contributed by atoms with van der Waals surface area (Å²) in [6, 6.07) is 1.83. The SMILES string of the molecule is N#CCC(=O)NCC(O)C12CC3CC(CC(C3)C1)C2. The lowest BCUT2D eigenvalue weighted by Gasteiger charge is -2.58. The highest BCUT2D eigenvalue weighted by molar-refractivity contribution is 5.77. The first-order valence-corrected chi connectivity index (χ1v) is 7.43. The normalized spacial score (nSPS) is 40.7. The summed E-state index contributed by atoms with van der Waals surface area (Å²) in [7, 11) is 0. The molecule has 4 fully saturated rings. The summed E-state index contributed by atoms with van der Waals surface area (Å²) in [6.07, 6.45) is 6.90. The Labute approximate surface area is 114 Å². The average Bonchev–Trinajstić information content (AvgIpc) is 2.34. The van der Waals surface area contributed by atoms with Gasteiger partial charge in [0, 0.05) is 6.54 Å². The molecule has 0 aromatic heterocycles. The van der Waals surface area contributed by atoms with Crippen molar-refractivity contribution in [2.45, 2.75) is 51.0 Å². The lowest BCUT2D eigenvalue weighted by Crippen LogP contribution is -2.54. The lowest BCUT2D eigenvalue weighted by molar-refractivity contribution is -0.128. The van der Waals surface area contributed by atoms with Crippen molar-refractivity contribution >= 4 is 5.91 Å². The number of aliphatic hydroxyl groups is 1. The molecule has 1 amide bonds. The summed E-state index contributed by atoms with van der Waals surface area (Å²) in [6.45, 7) is 0.312. The molecule has 1 unspecified atom stereocenters. The van der Waals surface area contributed by atoms with Crippen molar-refractivity contribution in [2.24, 2.45) is 23.2 Å². The first kappa shape index (κ1) is 12.9. The van der Waals surface area contributed by atoms with E-state index in [9.17, 15) is 9.90 Å². The second kappa shape index (κ2) is 4.79. The van der Waals surface area contributed by atoms with Gasteiger partial charge in [-0.3, -0.25) is 4.79 Å². The first-order chi connectivity index (χ1) is 9.11. The van der Waals surface area contributed by atoms with Crippen LogP contribution in [0.15, 0.2) is 0 Å². The zero-order chi connectivity index (χ0) is 13.5. The molecule has 0 aromatic carbocycles. The molecular formula is C15H22N2O2. The second-order valence-electron chi connectivity index (χ2n) is 6.93. The van der Waals surface area contributed by atoms with E-state index in [2.05, 4.69) is 5.32 Å². The van der Waals surface area contributed by atoms with Crippen molar-refractivity contribution in [1.29, 1.82) is 5.26 Å².